The summed E-state index contributed by atoms with van der Waals surface area (Å²) in [5.74, 6) is -3.31. The van der Waals surface area contributed by atoms with Gasteiger partial charge in [0.25, 0.3) is 20.0 Å². The van der Waals surface area contributed by atoms with Crippen molar-refractivity contribution >= 4 is 78.2 Å². The number of nitrogens with zero attached hydrogens (tertiary/aromatic N) is 4. The molecular formula is C38H33Cl2N7O10S2. The Bertz CT molecular complexity index is 2810. The van der Waals surface area contributed by atoms with Crippen molar-refractivity contribution in [3.63, 3.8) is 0 Å². The van der Waals surface area contributed by atoms with Crippen molar-refractivity contribution in [1.29, 1.82) is 0 Å². The van der Waals surface area contributed by atoms with Gasteiger partial charge >= 0.3 is 11.9 Å². The van der Waals surface area contributed by atoms with Crippen LogP contribution in [0.4, 0.5) is 17.1 Å². The van der Waals surface area contributed by atoms with Gasteiger partial charge in [0.1, 0.15) is 15.5 Å². The lowest BCUT2D eigenvalue weighted by Gasteiger charge is -2.13. The molecule has 2 aromatic heterocycles. The maximum absolute atomic E-state index is 13.3. The molecule has 0 unspecified atom stereocenters. The molecule has 5 N–H and O–H groups in total. The van der Waals surface area contributed by atoms with E-state index < -0.39 is 49.0 Å². The quantitative estimate of drug-likeness (QED) is 0.0633. The number of anilines is 3. The number of carboxylic acids is 2. The number of rotatable bonds is 16. The lowest BCUT2D eigenvalue weighted by Crippen LogP contribution is -2.17. The summed E-state index contributed by atoms with van der Waals surface area (Å²) >= 11 is 11.9. The third kappa shape index (κ3) is 9.66. The molecule has 0 aliphatic carbocycles. The number of amides is 1. The first-order chi connectivity index (χ1) is 27.9. The normalized spacial score (nSPS) is 11.5. The van der Waals surface area contributed by atoms with Crippen LogP contribution in [0.25, 0.3) is 11.4 Å². The van der Waals surface area contributed by atoms with E-state index in [1.807, 2.05) is 0 Å². The van der Waals surface area contributed by atoms with Crippen LogP contribution in [0.15, 0.2) is 107 Å². The highest BCUT2D eigenvalue weighted by molar-refractivity contribution is 7.93. The second-order valence-electron chi connectivity index (χ2n) is 12.8. The zero-order valence-corrected chi connectivity index (χ0v) is 34.0. The van der Waals surface area contributed by atoms with E-state index in [0.717, 1.165) is 24.5 Å². The van der Waals surface area contributed by atoms with Crippen LogP contribution in [0.5, 0.6) is 5.75 Å². The number of aromatic carboxylic acids is 2. The van der Waals surface area contributed by atoms with E-state index in [1.165, 1.54) is 33.6 Å². The molecule has 0 aliphatic rings. The van der Waals surface area contributed by atoms with Crippen molar-refractivity contribution in [3.8, 4) is 17.1 Å². The van der Waals surface area contributed by atoms with Crippen molar-refractivity contribution in [3.05, 3.63) is 130 Å². The maximum atomic E-state index is 13.3. The number of carboxylic acid groups (broad SMARTS) is 2. The fraction of sp³-hybridized carbons (Fsp3) is 0.132. The lowest BCUT2D eigenvalue weighted by atomic mass is 10.1. The van der Waals surface area contributed by atoms with Gasteiger partial charge in [-0.05, 0) is 105 Å². The van der Waals surface area contributed by atoms with Crippen LogP contribution in [0.1, 0.15) is 44.9 Å². The standard InChI is InChI=1S/C38H33Cl2N7O10S2/c1-22-34(20-41-46(22)27-10-5-24(39)6-11-27)58(53,54)44-32-15-9-26(18-30(32)37(49)50)43-36(48)4-3-17-57-29-14-16-33(31(19-29)38(51)52)45-59(55,56)35-21-42-47(23(35)2)28-12-7-25(40)8-13-28/h5-16,18-21,44-45H,3-4,17H2,1-2H3,(H,43,48)(H,49,50)(H,51,52). The summed E-state index contributed by atoms with van der Waals surface area (Å²) in [7, 11) is -8.58. The number of aromatic nitrogens is 4. The number of hydrogen-bond donors (Lipinski definition) is 5. The molecule has 0 spiro atoms. The van der Waals surface area contributed by atoms with E-state index in [9.17, 15) is 41.4 Å². The summed E-state index contributed by atoms with van der Waals surface area (Å²) in [5.41, 5.74) is 0.451. The van der Waals surface area contributed by atoms with E-state index in [4.69, 9.17) is 27.9 Å². The zero-order chi connectivity index (χ0) is 42.6. The minimum atomic E-state index is -4.30. The average molecular weight is 883 g/mol. The van der Waals surface area contributed by atoms with Gasteiger partial charge in [-0.2, -0.15) is 10.2 Å². The molecule has 0 aliphatic heterocycles. The van der Waals surface area contributed by atoms with Gasteiger partial charge in [-0.1, -0.05) is 23.2 Å². The first kappa shape index (κ1) is 42.2. The topological polar surface area (TPSA) is 241 Å². The van der Waals surface area contributed by atoms with Gasteiger partial charge in [-0.25, -0.2) is 35.8 Å². The fourth-order valence-corrected chi connectivity index (χ4v) is 8.54. The van der Waals surface area contributed by atoms with Gasteiger partial charge in [0.05, 0.1) is 64.3 Å². The summed E-state index contributed by atoms with van der Waals surface area (Å²) in [6.07, 6.45) is 2.33. The van der Waals surface area contributed by atoms with Gasteiger partial charge in [0.15, 0.2) is 0 Å². The van der Waals surface area contributed by atoms with E-state index in [2.05, 4.69) is 25.0 Å². The molecule has 0 fully saturated rings. The first-order valence-electron chi connectivity index (χ1n) is 17.3. The molecule has 2 heterocycles. The number of carbonyl (C=O) groups is 3. The van der Waals surface area contributed by atoms with Crippen molar-refractivity contribution in [2.75, 3.05) is 21.4 Å². The Hall–Kier alpha value is -6.41. The Labute approximate surface area is 347 Å². The number of sulfonamides is 2. The number of carbonyl (C=O) groups excluding carboxylic acids is 1. The average Bonchev–Trinajstić information content (AvgIpc) is 3.78. The molecule has 0 atom stereocenters. The molecule has 4 aromatic carbocycles. The first-order valence-corrected chi connectivity index (χ1v) is 21.0. The SMILES string of the molecule is Cc1c(S(=O)(=O)Nc2ccc(NC(=O)CCCOc3ccc(NS(=O)(=O)c4cnn(-c5ccc(Cl)cc5)c4C)c(C(=O)O)c3)cc2C(=O)O)cnn1-c1ccc(Cl)cc1. The van der Waals surface area contributed by atoms with Crippen LogP contribution in [-0.4, -0.2) is 71.1 Å². The van der Waals surface area contributed by atoms with Crippen molar-refractivity contribution in [1.82, 2.24) is 19.6 Å². The van der Waals surface area contributed by atoms with Crippen LogP contribution in [0.3, 0.4) is 0 Å². The second-order valence-corrected chi connectivity index (χ2v) is 16.9. The largest absolute Gasteiger partial charge is 0.494 e. The Morgan fingerprint density at radius 3 is 1.61 bits per heavy atom. The molecule has 0 saturated carbocycles. The number of halogens is 2. The third-order valence-corrected chi connectivity index (χ3v) is 12.2. The molecule has 59 heavy (non-hydrogen) atoms. The minimum Gasteiger partial charge on any atom is -0.494 e. The molecule has 0 bridgehead atoms. The molecule has 0 saturated heterocycles. The summed E-state index contributed by atoms with van der Waals surface area (Å²) in [6.45, 7) is 3.04. The van der Waals surface area contributed by atoms with Crippen LogP contribution in [0, 0.1) is 13.8 Å². The molecule has 306 valence electrons. The molecule has 17 nitrogen and oxygen atoms in total. The minimum absolute atomic E-state index is 0.0459. The number of ether oxygens (including phenoxy) is 1. The fourth-order valence-electron chi connectivity index (χ4n) is 5.81. The summed E-state index contributed by atoms with van der Waals surface area (Å²) in [6, 6.07) is 20.5. The summed E-state index contributed by atoms with van der Waals surface area (Å²) in [5, 5.41) is 31.6. The Balaban J connectivity index is 1.05. The molecule has 6 aromatic rings. The van der Waals surface area contributed by atoms with Gasteiger partial charge < -0.3 is 20.3 Å². The molecule has 1 amide bonds. The Morgan fingerprint density at radius 2 is 1.14 bits per heavy atom. The third-order valence-electron chi connectivity index (χ3n) is 8.71. The highest BCUT2D eigenvalue weighted by atomic mass is 35.5. The molecule has 0 radical (unpaired) electrons. The Kier molecular flexibility index (Phi) is 12.3. The van der Waals surface area contributed by atoms with Gasteiger partial charge in [-0.15, -0.1) is 0 Å². The number of hydrogen-bond acceptors (Lipinski definition) is 10. The zero-order valence-electron chi connectivity index (χ0n) is 30.9. The number of benzene rings is 4. The van der Waals surface area contributed by atoms with E-state index in [1.54, 1.807) is 62.4 Å². The maximum Gasteiger partial charge on any atom is 0.337 e. The summed E-state index contributed by atoms with van der Waals surface area (Å²) < 4.78 is 66.3. The van der Waals surface area contributed by atoms with E-state index in [0.29, 0.717) is 21.4 Å². The van der Waals surface area contributed by atoms with Gasteiger partial charge in [0.2, 0.25) is 5.91 Å². The molecule has 6 rings (SSSR count). The molecule has 21 heteroatoms. The van der Waals surface area contributed by atoms with Crippen LogP contribution < -0.4 is 19.5 Å². The Morgan fingerprint density at radius 1 is 0.678 bits per heavy atom. The predicted molar refractivity (Wildman–Crippen MR) is 218 cm³/mol. The van der Waals surface area contributed by atoms with Gasteiger partial charge in [-0.3, -0.25) is 14.2 Å². The van der Waals surface area contributed by atoms with Crippen molar-refractivity contribution in [2.24, 2.45) is 0 Å². The monoisotopic (exact) mass is 881 g/mol. The highest BCUT2D eigenvalue weighted by Gasteiger charge is 2.26. The highest BCUT2D eigenvalue weighted by Crippen LogP contribution is 2.29. The predicted octanol–water partition coefficient (Wildman–Crippen LogP) is 6.78. The van der Waals surface area contributed by atoms with Crippen LogP contribution >= 0.6 is 23.2 Å². The molecular weight excluding hydrogens is 849 g/mol. The van der Waals surface area contributed by atoms with E-state index >= 15 is 0 Å². The van der Waals surface area contributed by atoms with Crippen LogP contribution in [0.2, 0.25) is 10.0 Å². The van der Waals surface area contributed by atoms with Crippen molar-refractivity contribution < 1.29 is 46.2 Å². The van der Waals surface area contributed by atoms with E-state index in [-0.39, 0.29) is 63.4 Å². The lowest BCUT2D eigenvalue weighted by molar-refractivity contribution is -0.116. The number of nitrogens with one attached hydrogen (secondary N) is 3. The summed E-state index contributed by atoms with van der Waals surface area (Å²) in [4.78, 5) is 36.6. The second kappa shape index (κ2) is 17.2. The smallest absolute Gasteiger partial charge is 0.337 e. The van der Waals surface area contributed by atoms with Gasteiger partial charge in [0, 0.05) is 22.2 Å². The van der Waals surface area contributed by atoms with Crippen LogP contribution in [-0.2, 0) is 24.8 Å². The van der Waals surface area contributed by atoms with Crippen molar-refractivity contribution in [2.45, 2.75) is 36.5 Å².